The fourth-order valence-corrected chi connectivity index (χ4v) is 2.22. The summed E-state index contributed by atoms with van der Waals surface area (Å²) in [5, 5.41) is 8.45. The lowest BCUT2D eigenvalue weighted by Gasteiger charge is -2.05. The molecule has 0 aliphatic heterocycles. The molecule has 0 N–H and O–H groups in total. The summed E-state index contributed by atoms with van der Waals surface area (Å²) in [7, 11) is 0. The van der Waals surface area contributed by atoms with Crippen LogP contribution in [-0.4, -0.2) is 20.0 Å². The van der Waals surface area contributed by atoms with E-state index in [2.05, 4.69) is 53.4 Å². The second-order valence-corrected chi connectivity index (χ2v) is 5.43. The SMILES string of the molecule is CC(C)c1ccc(-c2cn(Cc3ccncc3)nn2)cc1. The van der Waals surface area contributed by atoms with Gasteiger partial charge in [0.15, 0.2) is 0 Å². The number of nitrogens with zero attached hydrogens (tertiary/aromatic N) is 4. The molecule has 106 valence electrons. The molecule has 0 saturated carbocycles. The molecule has 2 heterocycles. The first-order chi connectivity index (χ1) is 10.2. The second-order valence-electron chi connectivity index (χ2n) is 5.43. The largest absolute Gasteiger partial charge is 0.265 e. The van der Waals surface area contributed by atoms with Gasteiger partial charge in [-0.3, -0.25) is 4.98 Å². The lowest BCUT2D eigenvalue weighted by Crippen LogP contribution is -2.00. The van der Waals surface area contributed by atoms with Crippen LogP contribution in [0, 0.1) is 0 Å². The van der Waals surface area contributed by atoms with Crippen molar-refractivity contribution in [3.05, 3.63) is 66.1 Å². The van der Waals surface area contributed by atoms with Crippen molar-refractivity contribution in [2.45, 2.75) is 26.3 Å². The molecule has 0 saturated heterocycles. The maximum absolute atomic E-state index is 4.25. The molecular formula is C17H18N4. The molecular weight excluding hydrogens is 260 g/mol. The van der Waals surface area contributed by atoms with Crippen molar-refractivity contribution >= 4 is 0 Å². The van der Waals surface area contributed by atoms with E-state index < -0.39 is 0 Å². The Labute approximate surface area is 124 Å². The Morgan fingerprint density at radius 2 is 1.71 bits per heavy atom. The molecule has 0 radical (unpaired) electrons. The van der Waals surface area contributed by atoms with Gasteiger partial charge in [0.2, 0.25) is 0 Å². The van der Waals surface area contributed by atoms with Gasteiger partial charge in [-0.15, -0.1) is 5.10 Å². The third kappa shape index (κ3) is 3.16. The molecule has 0 spiro atoms. The monoisotopic (exact) mass is 278 g/mol. The van der Waals surface area contributed by atoms with Crippen molar-refractivity contribution in [3.63, 3.8) is 0 Å². The fraction of sp³-hybridized carbons (Fsp3) is 0.235. The maximum atomic E-state index is 4.25. The molecule has 0 aliphatic rings. The minimum absolute atomic E-state index is 0.543. The van der Waals surface area contributed by atoms with Gasteiger partial charge in [-0.1, -0.05) is 43.3 Å². The molecule has 4 heteroatoms. The van der Waals surface area contributed by atoms with Crippen LogP contribution in [0.1, 0.15) is 30.9 Å². The summed E-state index contributed by atoms with van der Waals surface area (Å²) in [6.07, 6.45) is 5.56. The Morgan fingerprint density at radius 1 is 1.00 bits per heavy atom. The average molecular weight is 278 g/mol. The quantitative estimate of drug-likeness (QED) is 0.733. The predicted octanol–water partition coefficient (Wildman–Crippen LogP) is 3.51. The molecule has 21 heavy (non-hydrogen) atoms. The molecule has 0 bridgehead atoms. The van der Waals surface area contributed by atoms with E-state index in [1.165, 1.54) is 5.56 Å². The number of benzene rings is 1. The number of rotatable bonds is 4. The molecule has 3 rings (SSSR count). The van der Waals surface area contributed by atoms with Crippen molar-refractivity contribution in [1.82, 2.24) is 20.0 Å². The highest BCUT2D eigenvalue weighted by Crippen LogP contribution is 2.20. The van der Waals surface area contributed by atoms with Crippen LogP contribution in [0.3, 0.4) is 0 Å². The van der Waals surface area contributed by atoms with Crippen LogP contribution in [0.2, 0.25) is 0 Å². The van der Waals surface area contributed by atoms with E-state index >= 15 is 0 Å². The van der Waals surface area contributed by atoms with Crippen LogP contribution < -0.4 is 0 Å². The van der Waals surface area contributed by atoms with Crippen LogP contribution >= 0.6 is 0 Å². The average Bonchev–Trinajstić information content (AvgIpc) is 2.97. The van der Waals surface area contributed by atoms with E-state index in [9.17, 15) is 0 Å². The predicted molar refractivity (Wildman–Crippen MR) is 82.9 cm³/mol. The summed E-state index contributed by atoms with van der Waals surface area (Å²) in [6.45, 7) is 5.10. The van der Waals surface area contributed by atoms with Gasteiger partial charge in [0, 0.05) is 18.0 Å². The highest BCUT2D eigenvalue weighted by Gasteiger charge is 2.05. The van der Waals surface area contributed by atoms with Gasteiger partial charge in [-0.25, -0.2) is 4.68 Å². The first kappa shape index (κ1) is 13.5. The molecule has 0 atom stereocenters. The van der Waals surface area contributed by atoms with E-state index in [1.807, 2.05) is 23.0 Å². The van der Waals surface area contributed by atoms with Crippen LogP contribution in [0.15, 0.2) is 55.0 Å². The maximum Gasteiger partial charge on any atom is 0.113 e. The van der Waals surface area contributed by atoms with Gasteiger partial charge in [0.25, 0.3) is 0 Å². The summed E-state index contributed by atoms with van der Waals surface area (Å²) in [5.74, 6) is 0.543. The van der Waals surface area contributed by atoms with Crippen molar-refractivity contribution in [2.75, 3.05) is 0 Å². The van der Waals surface area contributed by atoms with Crippen molar-refractivity contribution in [3.8, 4) is 11.3 Å². The van der Waals surface area contributed by atoms with Crippen molar-refractivity contribution in [1.29, 1.82) is 0 Å². The Kier molecular flexibility index (Phi) is 3.77. The van der Waals surface area contributed by atoms with E-state index in [4.69, 9.17) is 0 Å². The lowest BCUT2D eigenvalue weighted by atomic mass is 10.0. The van der Waals surface area contributed by atoms with Gasteiger partial charge in [0.05, 0.1) is 12.7 Å². The zero-order valence-corrected chi connectivity index (χ0v) is 12.3. The van der Waals surface area contributed by atoms with Crippen LogP contribution in [0.5, 0.6) is 0 Å². The molecule has 0 amide bonds. The summed E-state index contributed by atoms with van der Waals surface area (Å²) in [6, 6.07) is 12.5. The number of hydrogen-bond donors (Lipinski definition) is 0. The Morgan fingerprint density at radius 3 is 2.38 bits per heavy atom. The van der Waals surface area contributed by atoms with Gasteiger partial charge in [-0.05, 0) is 29.2 Å². The zero-order valence-electron chi connectivity index (χ0n) is 12.3. The molecule has 4 nitrogen and oxygen atoms in total. The Balaban J connectivity index is 1.78. The van der Waals surface area contributed by atoms with Crippen LogP contribution in [0.25, 0.3) is 11.3 Å². The summed E-state index contributed by atoms with van der Waals surface area (Å²) in [5.41, 5.74) is 4.50. The van der Waals surface area contributed by atoms with Gasteiger partial charge in [-0.2, -0.15) is 0 Å². The molecule has 1 aromatic carbocycles. The lowest BCUT2D eigenvalue weighted by molar-refractivity contribution is 0.649. The number of pyridine rings is 1. The van der Waals surface area contributed by atoms with Crippen molar-refractivity contribution < 1.29 is 0 Å². The minimum Gasteiger partial charge on any atom is -0.265 e. The summed E-state index contributed by atoms with van der Waals surface area (Å²) >= 11 is 0. The normalized spacial score (nSPS) is 11.0. The number of hydrogen-bond acceptors (Lipinski definition) is 3. The molecule has 3 aromatic rings. The molecule has 0 fully saturated rings. The fourth-order valence-electron chi connectivity index (χ4n) is 2.22. The first-order valence-corrected chi connectivity index (χ1v) is 7.12. The Hall–Kier alpha value is -2.49. The highest BCUT2D eigenvalue weighted by molar-refractivity contribution is 5.58. The third-order valence-corrected chi connectivity index (χ3v) is 3.51. The Bertz CT molecular complexity index is 699. The van der Waals surface area contributed by atoms with Crippen LogP contribution in [0.4, 0.5) is 0 Å². The smallest absolute Gasteiger partial charge is 0.113 e. The third-order valence-electron chi connectivity index (χ3n) is 3.51. The standard InChI is InChI=1S/C17H18N4/c1-13(2)15-3-5-16(6-4-15)17-12-21(20-19-17)11-14-7-9-18-10-8-14/h3-10,12-13H,11H2,1-2H3. The van der Waals surface area contributed by atoms with Gasteiger partial charge >= 0.3 is 0 Å². The second kappa shape index (κ2) is 5.87. The van der Waals surface area contributed by atoms with E-state index in [1.54, 1.807) is 12.4 Å². The number of aromatic nitrogens is 4. The van der Waals surface area contributed by atoms with E-state index in [0.717, 1.165) is 16.8 Å². The van der Waals surface area contributed by atoms with Crippen molar-refractivity contribution in [2.24, 2.45) is 0 Å². The molecule has 2 aromatic heterocycles. The van der Waals surface area contributed by atoms with E-state index in [0.29, 0.717) is 12.5 Å². The zero-order chi connectivity index (χ0) is 14.7. The minimum atomic E-state index is 0.543. The topological polar surface area (TPSA) is 43.6 Å². The highest BCUT2D eigenvalue weighted by atomic mass is 15.4. The summed E-state index contributed by atoms with van der Waals surface area (Å²) < 4.78 is 1.85. The molecule has 0 aliphatic carbocycles. The summed E-state index contributed by atoms with van der Waals surface area (Å²) in [4.78, 5) is 4.02. The van der Waals surface area contributed by atoms with Crippen LogP contribution in [-0.2, 0) is 6.54 Å². The molecule has 0 unspecified atom stereocenters. The van der Waals surface area contributed by atoms with Gasteiger partial charge in [0.1, 0.15) is 5.69 Å². The van der Waals surface area contributed by atoms with Gasteiger partial charge < -0.3 is 0 Å². The van der Waals surface area contributed by atoms with E-state index in [-0.39, 0.29) is 0 Å². The first-order valence-electron chi connectivity index (χ1n) is 7.12.